The van der Waals surface area contributed by atoms with Crippen LogP contribution in [0.25, 0.3) is 0 Å². The molecule has 1 aromatic heterocycles. The summed E-state index contributed by atoms with van der Waals surface area (Å²) in [7, 11) is -3.88. The third-order valence-corrected chi connectivity index (χ3v) is 6.36. The molecule has 0 spiro atoms. The molecule has 0 radical (unpaired) electrons. The molecule has 3 rings (SSSR count). The van der Waals surface area contributed by atoms with E-state index in [0.717, 1.165) is 17.8 Å². The fraction of sp³-hybridized carbons (Fsp3) is 0.412. The van der Waals surface area contributed by atoms with Gasteiger partial charge in [0.25, 0.3) is 0 Å². The van der Waals surface area contributed by atoms with Crippen LogP contribution in [-0.2, 0) is 20.7 Å². The van der Waals surface area contributed by atoms with Crippen molar-refractivity contribution in [2.75, 3.05) is 44.2 Å². The van der Waals surface area contributed by atoms with E-state index in [1.54, 1.807) is 0 Å². The number of aromatic nitrogens is 2. The molecule has 2 heterocycles. The van der Waals surface area contributed by atoms with Crippen LogP contribution in [0.4, 0.5) is 14.6 Å². The van der Waals surface area contributed by atoms with Crippen molar-refractivity contribution < 1.29 is 31.8 Å². The van der Waals surface area contributed by atoms with Crippen LogP contribution in [0.3, 0.4) is 0 Å². The number of aliphatic hydroxyl groups excluding tert-OH is 1. The molecule has 2 N–H and O–H groups in total. The summed E-state index contributed by atoms with van der Waals surface area (Å²) >= 11 is 0.980. The molecular weight excluding hydrogens is 442 g/mol. The SMILES string of the molecule is O=S(=O)(Nc1cc(OCCO)nc(SCc2cccc(F)c2F)n1)N1CCOCC1. The van der Waals surface area contributed by atoms with Crippen molar-refractivity contribution in [2.24, 2.45) is 0 Å². The van der Waals surface area contributed by atoms with E-state index < -0.39 is 21.8 Å². The second kappa shape index (κ2) is 10.3. The highest BCUT2D eigenvalue weighted by atomic mass is 32.2. The van der Waals surface area contributed by atoms with Gasteiger partial charge in [0.15, 0.2) is 16.8 Å². The van der Waals surface area contributed by atoms with Gasteiger partial charge in [-0.3, -0.25) is 4.72 Å². The number of rotatable bonds is 9. The van der Waals surface area contributed by atoms with Crippen LogP contribution < -0.4 is 9.46 Å². The van der Waals surface area contributed by atoms with Crippen LogP contribution in [0.1, 0.15) is 5.56 Å². The maximum atomic E-state index is 13.9. The molecule has 30 heavy (non-hydrogen) atoms. The second-order valence-corrected chi connectivity index (χ2v) is 8.68. The molecule has 0 atom stereocenters. The molecule has 0 bridgehead atoms. The molecule has 0 aliphatic carbocycles. The number of hydrogen-bond acceptors (Lipinski definition) is 8. The van der Waals surface area contributed by atoms with E-state index in [4.69, 9.17) is 14.6 Å². The summed E-state index contributed by atoms with van der Waals surface area (Å²) in [6.45, 7) is 0.653. The Kier molecular flexibility index (Phi) is 7.77. The maximum Gasteiger partial charge on any atom is 0.302 e. The first-order chi connectivity index (χ1) is 14.4. The minimum atomic E-state index is -3.88. The van der Waals surface area contributed by atoms with Gasteiger partial charge in [0.2, 0.25) is 5.88 Å². The number of nitrogens with zero attached hydrogens (tertiary/aromatic N) is 3. The van der Waals surface area contributed by atoms with Crippen molar-refractivity contribution in [2.45, 2.75) is 10.9 Å². The first-order valence-corrected chi connectivity index (χ1v) is 11.4. The van der Waals surface area contributed by atoms with Crippen molar-refractivity contribution in [3.63, 3.8) is 0 Å². The van der Waals surface area contributed by atoms with Crippen LogP contribution >= 0.6 is 11.8 Å². The summed E-state index contributed by atoms with van der Waals surface area (Å²) in [5.74, 6) is -1.94. The normalized spacial score (nSPS) is 15.2. The highest BCUT2D eigenvalue weighted by molar-refractivity contribution is 7.98. The number of aliphatic hydroxyl groups is 1. The Morgan fingerprint density at radius 1 is 1.27 bits per heavy atom. The van der Waals surface area contributed by atoms with Gasteiger partial charge in [-0.25, -0.2) is 13.8 Å². The zero-order chi connectivity index (χ0) is 21.6. The summed E-state index contributed by atoms with van der Waals surface area (Å²) in [6, 6.07) is 5.11. The fourth-order valence-corrected chi connectivity index (χ4v) is 4.48. The molecule has 1 aliphatic rings. The average molecular weight is 463 g/mol. The van der Waals surface area contributed by atoms with E-state index in [-0.39, 0.29) is 67.7 Å². The first-order valence-electron chi connectivity index (χ1n) is 8.93. The number of hydrogen-bond donors (Lipinski definition) is 2. The smallest absolute Gasteiger partial charge is 0.302 e. The van der Waals surface area contributed by atoms with Gasteiger partial charge < -0.3 is 14.6 Å². The predicted molar refractivity (Wildman–Crippen MR) is 105 cm³/mol. The number of benzene rings is 1. The van der Waals surface area contributed by atoms with E-state index in [0.29, 0.717) is 0 Å². The van der Waals surface area contributed by atoms with Crippen molar-refractivity contribution in [3.8, 4) is 5.88 Å². The molecule has 2 aromatic rings. The van der Waals surface area contributed by atoms with Crippen LogP contribution in [0.5, 0.6) is 5.88 Å². The maximum absolute atomic E-state index is 13.9. The second-order valence-electron chi connectivity index (χ2n) is 6.07. The number of anilines is 1. The van der Waals surface area contributed by atoms with Crippen molar-refractivity contribution in [3.05, 3.63) is 41.5 Å². The number of morpholine rings is 1. The molecular formula is C17H20F2N4O5S2. The van der Waals surface area contributed by atoms with E-state index in [1.807, 2.05) is 0 Å². The third-order valence-electron chi connectivity index (χ3n) is 3.96. The Labute approximate surface area is 176 Å². The van der Waals surface area contributed by atoms with Crippen molar-refractivity contribution in [1.29, 1.82) is 0 Å². The van der Waals surface area contributed by atoms with Gasteiger partial charge in [-0.1, -0.05) is 23.9 Å². The lowest BCUT2D eigenvalue weighted by molar-refractivity contribution is 0.0733. The molecule has 1 saturated heterocycles. The summed E-state index contributed by atoms with van der Waals surface area (Å²) in [4.78, 5) is 8.25. The van der Waals surface area contributed by atoms with Gasteiger partial charge in [-0.15, -0.1) is 0 Å². The lowest BCUT2D eigenvalue weighted by Crippen LogP contribution is -2.43. The Bertz CT molecular complexity index is 975. The number of nitrogens with one attached hydrogen (secondary N) is 1. The highest BCUT2D eigenvalue weighted by Gasteiger charge is 2.25. The minimum absolute atomic E-state index is 0.0166. The first kappa shape index (κ1) is 22.6. The van der Waals surface area contributed by atoms with Crippen LogP contribution in [0, 0.1) is 11.6 Å². The van der Waals surface area contributed by atoms with Crippen LogP contribution in [0.15, 0.2) is 29.4 Å². The predicted octanol–water partition coefficient (Wildman–Crippen LogP) is 1.41. The molecule has 9 nitrogen and oxygen atoms in total. The summed E-state index contributed by atoms with van der Waals surface area (Å²) < 4.78 is 66.4. The monoisotopic (exact) mass is 462 g/mol. The summed E-state index contributed by atoms with van der Waals surface area (Å²) in [5.41, 5.74) is 0.112. The van der Waals surface area contributed by atoms with Gasteiger partial charge in [-0.2, -0.15) is 17.7 Å². The topological polar surface area (TPSA) is 114 Å². The van der Waals surface area contributed by atoms with Crippen LogP contribution in [0.2, 0.25) is 0 Å². The molecule has 1 aliphatic heterocycles. The summed E-state index contributed by atoms with van der Waals surface area (Å²) in [6.07, 6.45) is 0. The number of ether oxygens (including phenoxy) is 2. The van der Waals surface area contributed by atoms with E-state index in [9.17, 15) is 17.2 Å². The van der Waals surface area contributed by atoms with Crippen molar-refractivity contribution >= 4 is 27.8 Å². The third kappa shape index (κ3) is 5.98. The lowest BCUT2D eigenvalue weighted by atomic mass is 10.2. The largest absolute Gasteiger partial charge is 0.475 e. The van der Waals surface area contributed by atoms with Crippen LogP contribution in [-0.4, -0.2) is 67.3 Å². The van der Waals surface area contributed by atoms with Crippen molar-refractivity contribution in [1.82, 2.24) is 14.3 Å². The Balaban J connectivity index is 1.79. The zero-order valence-corrected chi connectivity index (χ0v) is 17.4. The quantitative estimate of drug-likeness (QED) is 0.425. The highest BCUT2D eigenvalue weighted by Crippen LogP contribution is 2.26. The van der Waals surface area contributed by atoms with E-state index in [1.165, 1.54) is 22.5 Å². The standard InChI is InChI=1S/C17H20F2N4O5S2/c18-13-3-1-2-12(16(13)19)11-29-17-20-14(10-15(21-17)28-9-6-24)22-30(25,26)23-4-7-27-8-5-23/h1-3,10,24H,4-9,11H2,(H,20,21,22). The average Bonchev–Trinajstić information content (AvgIpc) is 2.73. The molecule has 13 heteroatoms. The van der Waals surface area contributed by atoms with E-state index >= 15 is 0 Å². The van der Waals surface area contributed by atoms with Gasteiger partial charge in [-0.05, 0) is 6.07 Å². The molecule has 1 aromatic carbocycles. The van der Waals surface area contributed by atoms with Gasteiger partial charge in [0, 0.05) is 30.5 Å². The van der Waals surface area contributed by atoms with E-state index in [2.05, 4.69) is 14.7 Å². The molecule has 0 saturated carbocycles. The van der Waals surface area contributed by atoms with Gasteiger partial charge >= 0.3 is 10.2 Å². The van der Waals surface area contributed by atoms with Gasteiger partial charge in [0.1, 0.15) is 12.4 Å². The zero-order valence-electron chi connectivity index (χ0n) is 15.8. The number of thioether (sulfide) groups is 1. The Hall–Kier alpha value is -2.06. The van der Waals surface area contributed by atoms with Gasteiger partial charge in [0.05, 0.1) is 19.8 Å². The molecule has 0 unspecified atom stereocenters. The molecule has 164 valence electrons. The summed E-state index contributed by atoms with van der Waals surface area (Å²) in [5, 5.41) is 9.04. The molecule has 0 amide bonds. The minimum Gasteiger partial charge on any atom is -0.475 e. The molecule has 1 fully saturated rings. The number of halogens is 2. The fourth-order valence-electron chi connectivity index (χ4n) is 2.53. The Morgan fingerprint density at radius 2 is 2.03 bits per heavy atom. The Morgan fingerprint density at radius 3 is 2.77 bits per heavy atom. The lowest BCUT2D eigenvalue weighted by Gasteiger charge is -2.26.